The zero-order valence-corrected chi connectivity index (χ0v) is 10.3. The maximum absolute atomic E-state index is 11.7. The zero-order valence-electron chi connectivity index (χ0n) is 10.3. The van der Waals surface area contributed by atoms with Crippen molar-refractivity contribution >= 4 is 5.91 Å². The van der Waals surface area contributed by atoms with Gasteiger partial charge in [-0.3, -0.25) is 4.79 Å². The quantitative estimate of drug-likeness (QED) is 0.517. The Morgan fingerprint density at radius 2 is 1.89 bits per heavy atom. The normalized spacial score (nSPS) is 10.3. The molecule has 4 N–H and O–H groups in total. The number of amides is 1. The number of carbonyl (C=O) groups is 1. The van der Waals surface area contributed by atoms with E-state index in [9.17, 15) is 15.0 Å². The lowest BCUT2D eigenvalue weighted by atomic mass is 10.1. The van der Waals surface area contributed by atoms with Gasteiger partial charge in [0.1, 0.15) is 17.1 Å². The van der Waals surface area contributed by atoms with Crippen molar-refractivity contribution in [3.05, 3.63) is 23.8 Å². The number of nitrogens with one attached hydrogen (secondary N) is 2. The molecule has 0 saturated heterocycles. The summed E-state index contributed by atoms with van der Waals surface area (Å²) in [5.74, 6) is -0.973. The summed E-state index contributed by atoms with van der Waals surface area (Å²) in [7, 11) is 1.62. The first-order chi connectivity index (χ1) is 8.66. The summed E-state index contributed by atoms with van der Waals surface area (Å²) in [6.07, 6.45) is 0. The van der Waals surface area contributed by atoms with E-state index >= 15 is 0 Å². The van der Waals surface area contributed by atoms with Crippen molar-refractivity contribution in [3.63, 3.8) is 0 Å². The Balaban J connectivity index is 2.37. The SMILES string of the molecule is COCCNCCNC(=O)c1c(O)cccc1O. The molecule has 0 fully saturated rings. The fourth-order valence-electron chi connectivity index (χ4n) is 1.41. The van der Waals surface area contributed by atoms with Crippen LogP contribution in [0.1, 0.15) is 10.4 Å². The maximum atomic E-state index is 11.7. The van der Waals surface area contributed by atoms with Gasteiger partial charge in [-0.15, -0.1) is 0 Å². The lowest BCUT2D eigenvalue weighted by Gasteiger charge is -2.09. The number of rotatable bonds is 7. The molecule has 0 aliphatic heterocycles. The van der Waals surface area contributed by atoms with Crippen LogP contribution in [0.5, 0.6) is 11.5 Å². The van der Waals surface area contributed by atoms with Crippen LogP contribution in [0.3, 0.4) is 0 Å². The third-order valence-corrected chi connectivity index (χ3v) is 2.32. The van der Waals surface area contributed by atoms with Gasteiger partial charge in [0, 0.05) is 26.7 Å². The first kappa shape index (κ1) is 14.3. The number of phenolic OH excluding ortho intramolecular Hbond substituents is 2. The molecule has 0 radical (unpaired) electrons. The van der Waals surface area contributed by atoms with E-state index in [-0.39, 0.29) is 17.1 Å². The van der Waals surface area contributed by atoms with Gasteiger partial charge in [-0.25, -0.2) is 0 Å². The van der Waals surface area contributed by atoms with Crippen LogP contribution in [0.2, 0.25) is 0 Å². The van der Waals surface area contributed by atoms with E-state index in [1.807, 2.05) is 0 Å². The average Bonchev–Trinajstić information content (AvgIpc) is 2.33. The second-order valence-corrected chi connectivity index (χ2v) is 3.67. The standard InChI is InChI=1S/C12H18N2O4/c1-18-8-7-13-5-6-14-12(17)11-9(15)3-2-4-10(11)16/h2-4,13,15-16H,5-8H2,1H3,(H,14,17). The summed E-state index contributed by atoms with van der Waals surface area (Å²) in [6.45, 7) is 2.29. The average molecular weight is 254 g/mol. The van der Waals surface area contributed by atoms with Crippen LogP contribution in [0.15, 0.2) is 18.2 Å². The molecule has 0 aliphatic rings. The van der Waals surface area contributed by atoms with E-state index in [0.717, 1.165) is 0 Å². The molecular formula is C12H18N2O4. The molecule has 0 heterocycles. The number of carbonyl (C=O) groups excluding carboxylic acids is 1. The number of hydrogen-bond donors (Lipinski definition) is 4. The van der Waals surface area contributed by atoms with Gasteiger partial charge in [0.25, 0.3) is 5.91 Å². The van der Waals surface area contributed by atoms with Crippen LogP contribution >= 0.6 is 0 Å². The van der Waals surface area contributed by atoms with Crippen molar-refractivity contribution in [3.8, 4) is 11.5 Å². The van der Waals surface area contributed by atoms with Crippen molar-refractivity contribution in [2.24, 2.45) is 0 Å². The Bertz CT molecular complexity index is 375. The van der Waals surface area contributed by atoms with E-state index in [1.165, 1.54) is 18.2 Å². The Morgan fingerprint density at radius 3 is 2.50 bits per heavy atom. The molecule has 0 saturated carbocycles. The predicted molar refractivity (Wildman–Crippen MR) is 66.9 cm³/mol. The summed E-state index contributed by atoms with van der Waals surface area (Å²) in [5, 5.41) is 24.6. The first-order valence-electron chi connectivity index (χ1n) is 5.65. The molecule has 6 nitrogen and oxygen atoms in total. The Kier molecular flexibility index (Phi) is 5.96. The van der Waals surface area contributed by atoms with E-state index in [2.05, 4.69) is 10.6 Å². The number of hydrogen-bond acceptors (Lipinski definition) is 5. The predicted octanol–water partition coefficient (Wildman–Crippen LogP) is 0.0636. The molecule has 0 spiro atoms. The van der Waals surface area contributed by atoms with Crippen LogP contribution in [0.25, 0.3) is 0 Å². The van der Waals surface area contributed by atoms with Gasteiger partial charge in [0.15, 0.2) is 0 Å². The van der Waals surface area contributed by atoms with Crippen molar-refractivity contribution in [2.45, 2.75) is 0 Å². The van der Waals surface area contributed by atoms with Crippen molar-refractivity contribution in [1.82, 2.24) is 10.6 Å². The van der Waals surface area contributed by atoms with Crippen molar-refractivity contribution in [2.75, 3.05) is 33.4 Å². The third kappa shape index (κ3) is 4.23. The van der Waals surface area contributed by atoms with Crippen LogP contribution in [0.4, 0.5) is 0 Å². The second kappa shape index (κ2) is 7.52. The monoisotopic (exact) mass is 254 g/mol. The molecule has 1 rings (SSSR count). The molecule has 0 unspecified atom stereocenters. The molecule has 1 aromatic carbocycles. The number of methoxy groups -OCH3 is 1. The molecule has 0 bridgehead atoms. The highest BCUT2D eigenvalue weighted by atomic mass is 16.5. The van der Waals surface area contributed by atoms with Gasteiger partial charge in [0.05, 0.1) is 6.61 Å². The molecule has 18 heavy (non-hydrogen) atoms. The summed E-state index contributed by atoms with van der Waals surface area (Å²) in [5.41, 5.74) is -0.102. The molecular weight excluding hydrogens is 236 g/mol. The van der Waals surface area contributed by atoms with Crippen LogP contribution < -0.4 is 10.6 Å². The minimum atomic E-state index is -0.501. The number of benzene rings is 1. The van der Waals surface area contributed by atoms with Gasteiger partial charge in [-0.05, 0) is 12.1 Å². The highest BCUT2D eigenvalue weighted by molar-refractivity contribution is 5.99. The van der Waals surface area contributed by atoms with Gasteiger partial charge in [-0.1, -0.05) is 6.07 Å². The topological polar surface area (TPSA) is 90.8 Å². The number of ether oxygens (including phenoxy) is 1. The molecule has 0 aliphatic carbocycles. The Labute approximate surface area is 106 Å². The van der Waals surface area contributed by atoms with E-state index in [0.29, 0.717) is 26.2 Å². The zero-order chi connectivity index (χ0) is 13.4. The summed E-state index contributed by atoms with van der Waals surface area (Å²) < 4.78 is 4.85. The third-order valence-electron chi connectivity index (χ3n) is 2.32. The van der Waals surface area contributed by atoms with Gasteiger partial charge in [0.2, 0.25) is 0 Å². The molecule has 0 atom stereocenters. The molecule has 1 aromatic rings. The van der Waals surface area contributed by atoms with Crippen molar-refractivity contribution < 1.29 is 19.7 Å². The van der Waals surface area contributed by atoms with Gasteiger partial charge in [-0.2, -0.15) is 0 Å². The lowest BCUT2D eigenvalue weighted by molar-refractivity contribution is 0.0948. The van der Waals surface area contributed by atoms with E-state index in [4.69, 9.17) is 4.74 Å². The molecule has 0 aromatic heterocycles. The summed E-state index contributed by atoms with van der Waals surface area (Å²) in [6, 6.07) is 4.17. The highest BCUT2D eigenvalue weighted by Crippen LogP contribution is 2.25. The van der Waals surface area contributed by atoms with Crippen LogP contribution in [-0.2, 0) is 4.74 Å². The largest absolute Gasteiger partial charge is 0.507 e. The number of aromatic hydroxyl groups is 2. The van der Waals surface area contributed by atoms with E-state index in [1.54, 1.807) is 7.11 Å². The molecule has 100 valence electrons. The summed E-state index contributed by atoms with van der Waals surface area (Å²) >= 11 is 0. The smallest absolute Gasteiger partial charge is 0.258 e. The van der Waals surface area contributed by atoms with Crippen molar-refractivity contribution in [1.29, 1.82) is 0 Å². The first-order valence-corrected chi connectivity index (χ1v) is 5.65. The minimum absolute atomic E-state index is 0.102. The highest BCUT2D eigenvalue weighted by Gasteiger charge is 2.14. The number of phenols is 2. The second-order valence-electron chi connectivity index (χ2n) is 3.67. The van der Waals surface area contributed by atoms with Gasteiger partial charge < -0.3 is 25.6 Å². The summed E-state index contributed by atoms with van der Waals surface area (Å²) in [4.78, 5) is 11.7. The molecule has 6 heteroatoms. The lowest BCUT2D eigenvalue weighted by Crippen LogP contribution is -2.33. The maximum Gasteiger partial charge on any atom is 0.258 e. The van der Waals surface area contributed by atoms with Gasteiger partial charge >= 0.3 is 0 Å². The minimum Gasteiger partial charge on any atom is -0.507 e. The van der Waals surface area contributed by atoms with E-state index < -0.39 is 5.91 Å². The Hall–Kier alpha value is -1.79. The fraction of sp³-hybridized carbons (Fsp3) is 0.417. The van der Waals surface area contributed by atoms with Crippen LogP contribution in [0, 0.1) is 0 Å². The molecule has 1 amide bonds. The van der Waals surface area contributed by atoms with Crippen LogP contribution in [-0.4, -0.2) is 49.5 Å². The fourth-order valence-corrected chi connectivity index (χ4v) is 1.41. The Morgan fingerprint density at radius 1 is 1.22 bits per heavy atom.